The number of hydrogen-bond donors (Lipinski definition) is 0. The Balaban J connectivity index is 1.80. The Bertz CT molecular complexity index is 721. The molecule has 0 aromatic heterocycles. The highest BCUT2D eigenvalue weighted by Gasteiger charge is 2.02. The van der Waals surface area contributed by atoms with Crippen LogP contribution < -0.4 is 4.74 Å². The number of hydrogen-bond acceptors (Lipinski definition) is 4. The van der Waals surface area contributed by atoms with Gasteiger partial charge in [-0.2, -0.15) is 8.42 Å². The van der Waals surface area contributed by atoms with E-state index in [1.165, 1.54) is 16.7 Å². The van der Waals surface area contributed by atoms with E-state index in [4.69, 9.17) is 4.74 Å². The lowest BCUT2D eigenvalue weighted by atomic mass is 10.0. The Morgan fingerprint density at radius 3 is 2.30 bits per heavy atom. The summed E-state index contributed by atoms with van der Waals surface area (Å²) in [5, 5.41) is 0. The molecule has 0 bridgehead atoms. The van der Waals surface area contributed by atoms with Crippen LogP contribution in [0.15, 0.2) is 48.5 Å². The standard InChI is InChI=1S/C18H22O4S/c1-15-6-3-4-7-17(15)14-16-8-10-18(11-9-16)21-12-5-13-22-23(2,19)20/h3-4,6-11H,5,12-14H2,1-2H3. The average Bonchev–Trinajstić information content (AvgIpc) is 2.50. The number of ether oxygens (including phenoxy) is 1. The molecule has 0 saturated heterocycles. The zero-order valence-electron chi connectivity index (χ0n) is 13.5. The summed E-state index contributed by atoms with van der Waals surface area (Å²) in [4.78, 5) is 0. The Hall–Kier alpha value is -1.85. The first-order chi connectivity index (χ1) is 10.9. The van der Waals surface area contributed by atoms with Gasteiger partial charge in [0.1, 0.15) is 5.75 Å². The van der Waals surface area contributed by atoms with Gasteiger partial charge in [0.15, 0.2) is 0 Å². The first-order valence-corrected chi connectivity index (χ1v) is 9.36. The normalized spacial score (nSPS) is 11.4. The van der Waals surface area contributed by atoms with E-state index in [1.54, 1.807) is 0 Å². The minimum atomic E-state index is -3.36. The fourth-order valence-electron chi connectivity index (χ4n) is 2.19. The summed E-state index contributed by atoms with van der Waals surface area (Å²) < 4.78 is 31.9. The van der Waals surface area contributed by atoms with Gasteiger partial charge in [-0.3, -0.25) is 4.18 Å². The van der Waals surface area contributed by atoms with E-state index >= 15 is 0 Å². The number of benzene rings is 2. The second kappa shape index (κ2) is 8.13. The van der Waals surface area contributed by atoms with Gasteiger partial charge in [0.2, 0.25) is 0 Å². The molecule has 0 atom stereocenters. The maximum atomic E-state index is 10.8. The van der Waals surface area contributed by atoms with Crippen molar-refractivity contribution in [2.45, 2.75) is 19.8 Å². The van der Waals surface area contributed by atoms with Crippen molar-refractivity contribution < 1.29 is 17.3 Å². The van der Waals surface area contributed by atoms with Crippen LogP contribution in [0.25, 0.3) is 0 Å². The minimum Gasteiger partial charge on any atom is -0.494 e. The summed E-state index contributed by atoms with van der Waals surface area (Å²) in [6, 6.07) is 16.3. The SMILES string of the molecule is Cc1ccccc1Cc1ccc(OCCCOS(C)(=O)=O)cc1. The summed E-state index contributed by atoms with van der Waals surface area (Å²) in [6.07, 6.45) is 2.47. The molecule has 0 spiro atoms. The Labute approximate surface area is 138 Å². The van der Waals surface area contributed by atoms with Gasteiger partial charge >= 0.3 is 0 Å². The van der Waals surface area contributed by atoms with Crippen LogP contribution in [0.1, 0.15) is 23.1 Å². The topological polar surface area (TPSA) is 52.6 Å². The molecule has 0 aliphatic carbocycles. The molecule has 0 N–H and O–H groups in total. The van der Waals surface area contributed by atoms with Gasteiger partial charge in [-0.1, -0.05) is 36.4 Å². The molecule has 5 heteroatoms. The van der Waals surface area contributed by atoms with Crippen molar-refractivity contribution in [1.82, 2.24) is 0 Å². The van der Waals surface area contributed by atoms with Crippen molar-refractivity contribution in [1.29, 1.82) is 0 Å². The molecule has 0 amide bonds. The van der Waals surface area contributed by atoms with Crippen molar-refractivity contribution in [2.24, 2.45) is 0 Å². The fraction of sp³-hybridized carbons (Fsp3) is 0.333. The van der Waals surface area contributed by atoms with Crippen LogP contribution in [0.2, 0.25) is 0 Å². The molecular formula is C18H22O4S. The van der Waals surface area contributed by atoms with Crippen LogP contribution >= 0.6 is 0 Å². The molecule has 0 aliphatic heterocycles. The number of aryl methyl sites for hydroxylation is 1. The maximum Gasteiger partial charge on any atom is 0.264 e. The largest absolute Gasteiger partial charge is 0.494 e. The van der Waals surface area contributed by atoms with E-state index in [0.29, 0.717) is 13.0 Å². The van der Waals surface area contributed by atoms with E-state index in [-0.39, 0.29) is 6.61 Å². The van der Waals surface area contributed by atoms with Crippen molar-refractivity contribution in [3.05, 3.63) is 65.2 Å². The van der Waals surface area contributed by atoms with Crippen LogP contribution in [-0.4, -0.2) is 27.9 Å². The zero-order chi connectivity index (χ0) is 16.7. The third-order valence-corrected chi connectivity index (χ3v) is 4.03. The highest BCUT2D eigenvalue weighted by atomic mass is 32.2. The van der Waals surface area contributed by atoms with Crippen molar-refractivity contribution in [2.75, 3.05) is 19.5 Å². The van der Waals surface area contributed by atoms with Crippen LogP contribution in [-0.2, 0) is 20.7 Å². The van der Waals surface area contributed by atoms with Gasteiger partial charge in [-0.25, -0.2) is 0 Å². The predicted octanol–water partition coefficient (Wildman–Crippen LogP) is 3.33. The highest BCUT2D eigenvalue weighted by molar-refractivity contribution is 7.85. The molecule has 0 aliphatic rings. The maximum absolute atomic E-state index is 10.8. The van der Waals surface area contributed by atoms with E-state index in [1.807, 2.05) is 18.2 Å². The van der Waals surface area contributed by atoms with Gasteiger partial charge in [-0.15, -0.1) is 0 Å². The predicted molar refractivity (Wildman–Crippen MR) is 91.3 cm³/mol. The van der Waals surface area contributed by atoms with E-state index in [0.717, 1.165) is 18.4 Å². The van der Waals surface area contributed by atoms with Crippen LogP contribution in [0.4, 0.5) is 0 Å². The minimum absolute atomic E-state index is 0.143. The van der Waals surface area contributed by atoms with Crippen LogP contribution in [0.5, 0.6) is 5.75 Å². The second-order valence-corrected chi connectivity index (χ2v) is 7.12. The molecule has 2 aromatic carbocycles. The summed E-state index contributed by atoms with van der Waals surface area (Å²) >= 11 is 0. The fourth-order valence-corrected chi connectivity index (χ4v) is 2.61. The summed E-state index contributed by atoms with van der Waals surface area (Å²) in [5.41, 5.74) is 3.84. The van der Waals surface area contributed by atoms with E-state index in [2.05, 4.69) is 41.4 Å². The molecule has 2 aromatic rings. The van der Waals surface area contributed by atoms with Gasteiger partial charge < -0.3 is 4.74 Å². The number of rotatable bonds is 8. The molecule has 124 valence electrons. The summed E-state index contributed by atoms with van der Waals surface area (Å²) in [6.45, 7) is 2.68. The molecule has 2 rings (SSSR count). The third kappa shape index (κ3) is 6.42. The average molecular weight is 334 g/mol. The molecule has 4 nitrogen and oxygen atoms in total. The first-order valence-electron chi connectivity index (χ1n) is 7.55. The van der Waals surface area contributed by atoms with Gasteiger partial charge in [0.25, 0.3) is 10.1 Å². The smallest absolute Gasteiger partial charge is 0.264 e. The Kier molecular flexibility index (Phi) is 6.19. The second-order valence-electron chi connectivity index (χ2n) is 5.48. The Morgan fingerprint density at radius 1 is 0.957 bits per heavy atom. The lowest BCUT2D eigenvalue weighted by Crippen LogP contribution is -2.07. The van der Waals surface area contributed by atoms with Crippen molar-refractivity contribution in [3.63, 3.8) is 0 Å². The molecule has 0 fully saturated rings. The van der Waals surface area contributed by atoms with Gasteiger partial charge in [-0.05, 0) is 42.2 Å². The van der Waals surface area contributed by atoms with Gasteiger partial charge in [0.05, 0.1) is 19.5 Å². The lowest BCUT2D eigenvalue weighted by molar-refractivity contribution is 0.252. The van der Waals surface area contributed by atoms with Crippen molar-refractivity contribution in [3.8, 4) is 5.75 Å². The summed E-state index contributed by atoms with van der Waals surface area (Å²) in [7, 11) is -3.36. The molecule has 0 heterocycles. The Morgan fingerprint density at radius 2 is 1.65 bits per heavy atom. The van der Waals surface area contributed by atoms with Gasteiger partial charge in [0, 0.05) is 6.42 Å². The third-order valence-electron chi connectivity index (χ3n) is 3.43. The van der Waals surface area contributed by atoms with E-state index in [9.17, 15) is 8.42 Å². The summed E-state index contributed by atoms with van der Waals surface area (Å²) in [5.74, 6) is 0.776. The molecular weight excluding hydrogens is 312 g/mol. The monoisotopic (exact) mass is 334 g/mol. The van der Waals surface area contributed by atoms with E-state index < -0.39 is 10.1 Å². The lowest BCUT2D eigenvalue weighted by Gasteiger charge is -2.08. The van der Waals surface area contributed by atoms with Crippen LogP contribution in [0, 0.1) is 6.92 Å². The molecule has 0 saturated carbocycles. The molecule has 0 radical (unpaired) electrons. The zero-order valence-corrected chi connectivity index (χ0v) is 14.3. The highest BCUT2D eigenvalue weighted by Crippen LogP contribution is 2.17. The molecule has 23 heavy (non-hydrogen) atoms. The van der Waals surface area contributed by atoms with Crippen molar-refractivity contribution >= 4 is 10.1 Å². The quantitative estimate of drug-likeness (QED) is 0.549. The first kappa shape index (κ1) is 17.5. The van der Waals surface area contributed by atoms with Crippen LogP contribution in [0.3, 0.4) is 0 Å². The molecule has 0 unspecified atom stereocenters.